The van der Waals surface area contributed by atoms with E-state index in [2.05, 4.69) is 4.74 Å². The molecule has 0 aromatic heterocycles. The molecule has 0 fully saturated rings. The van der Waals surface area contributed by atoms with Crippen molar-refractivity contribution in [2.45, 2.75) is 12.0 Å². The lowest BCUT2D eigenvalue weighted by atomic mass is 10.8. The molecular weight excluding hydrogens is 210 g/mol. The summed E-state index contributed by atoms with van der Waals surface area (Å²) in [5, 5.41) is -2.75. The van der Waals surface area contributed by atoms with E-state index in [1.165, 1.54) is 0 Å². The van der Waals surface area contributed by atoms with Crippen LogP contribution in [0.4, 0.5) is 0 Å². The van der Waals surface area contributed by atoms with E-state index in [0.29, 0.717) is 6.92 Å². The Kier molecular flexibility index (Phi) is 3.26. The topological polar surface area (TPSA) is 124 Å². The fourth-order valence-electron chi connectivity index (χ4n) is 0.408. The summed E-state index contributed by atoms with van der Waals surface area (Å²) in [4.78, 5) is 34.3. The molecule has 0 aliphatic heterocycles. The van der Waals surface area contributed by atoms with Crippen LogP contribution in [0.3, 0.4) is 0 Å². The predicted octanol–water partition coefficient (Wildman–Crippen LogP) is -0.338. The Balaban J connectivity index is 5.25. The van der Waals surface area contributed by atoms with Gasteiger partial charge in [0.05, 0.1) is 0 Å². The smallest absolute Gasteiger partial charge is 0.355 e. The number of methoxy groups -OCH3 is 1. The molecule has 0 radical (unpaired) electrons. The first-order chi connectivity index (χ1) is 5.06. The van der Waals surface area contributed by atoms with Crippen LogP contribution in [0.25, 0.3) is 0 Å². The monoisotopic (exact) mass is 220 g/mol. The number of rotatable bonds is 3. The molecule has 0 heterocycles. The van der Waals surface area contributed by atoms with E-state index in [1.807, 2.05) is 0 Å². The molecule has 0 spiro atoms. The van der Waals surface area contributed by atoms with Crippen LogP contribution in [-0.2, 0) is 13.9 Å². The second-order valence-electron chi connectivity index (χ2n) is 2.23. The van der Waals surface area contributed by atoms with Gasteiger partial charge in [-0.05, 0) is 6.92 Å². The molecule has 0 amide bonds. The van der Waals surface area contributed by atoms with Crippen molar-refractivity contribution in [1.82, 2.24) is 0 Å². The lowest BCUT2D eigenvalue weighted by molar-refractivity contribution is 0.0910. The molecule has 0 atom stereocenters. The Morgan fingerprint density at radius 1 is 1.08 bits per heavy atom. The van der Waals surface area contributed by atoms with Crippen LogP contribution >= 0.6 is 15.2 Å². The summed E-state index contributed by atoms with van der Waals surface area (Å²) in [5.41, 5.74) is 0. The van der Waals surface area contributed by atoms with Crippen LogP contribution < -0.4 is 0 Å². The minimum Gasteiger partial charge on any atom is -0.355 e. The normalized spacial score (nSPS) is 14.8. The van der Waals surface area contributed by atoms with Crippen molar-refractivity contribution in [3.05, 3.63) is 0 Å². The van der Waals surface area contributed by atoms with Gasteiger partial charge >= 0.3 is 15.2 Å². The largest absolute Gasteiger partial charge is 0.369 e. The van der Waals surface area contributed by atoms with Crippen molar-refractivity contribution in [3.63, 3.8) is 0 Å². The van der Waals surface area contributed by atoms with Crippen molar-refractivity contribution >= 4 is 15.2 Å². The Hall–Kier alpha value is 0.260. The van der Waals surface area contributed by atoms with Gasteiger partial charge in [-0.15, -0.1) is 0 Å². The molecule has 0 aromatic rings. The van der Waals surface area contributed by atoms with E-state index in [-0.39, 0.29) is 0 Å². The molecule has 7 nitrogen and oxygen atoms in total. The molecule has 9 heteroatoms. The third-order valence-corrected chi connectivity index (χ3v) is 5.56. The van der Waals surface area contributed by atoms with Crippen LogP contribution in [0.1, 0.15) is 6.92 Å². The standard InChI is InChI=1S/C3H10O7P2/c1-3(10-2,11(4,5)6)12(7,8)9/h1-2H3,(H2,4,5,6)(H2,7,8,9). The zero-order valence-corrected chi connectivity index (χ0v) is 8.20. The minimum absolute atomic E-state index is 0.661. The Morgan fingerprint density at radius 3 is 1.33 bits per heavy atom. The van der Waals surface area contributed by atoms with E-state index in [9.17, 15) is 9.13 Å². The highest BCUT2D eigenvalue weighted by atomic mass is 31.2. The van der Waals surface area contributed by atoms with Crippen molar-refractivity contribution < 1.29 is 33.4 Å². The maximum atomic E-state index is 10.6. The predicted molar refractivity (Wildman–Crippen MR) is 39.5 cm³/mol. The summed E-state index contributed by atoms with van der Waals surface area (Å²) in [7, 11) is -9.17. The zero-order chi connectivity index (χ0) is 10.2. The van der Waals surface area contributed by atoms with Crippen LogP contribution in [-0.4, -0.2) is 31.8 Å². The van der Waals surface area contributed by atoms with E-state index >= 15 is 0 Å². The third kappa shape index (κ3) is 1.95. The van der Waals surface area contributed by atoms with Gasteiger partial charge in [-0.25, -0.2) is 0 Å². The molecule has 0 saturated heterocycles. The summed E-state index contributed by atoms with van der Waals surface area (Å²) >= 11 is 0. The van der Waals surface area contributed by atoms with Crippen LogP contribution in [0.5, 0.6) is 0 Å². The fourth-order valence-corrected chi connectivity index (χ4v) is 2.24. The second kappa shape index (κ2) is 3.20. The highest BCUT2D eigenvalue weighted by molar-refractivity contribution is 7.72. The van der Waals surface area contributed by atoms with E-state index in [4.69, 9.17) is 19.6 Å². The molecule has 4 N–H and O–H groups in total. The number of hydrogen-bond acceptors (Lipinski definition) is 3. The number of ether oxygens (including phenoxy) is 1. The van der Waals surface area contributed by atoms with Crippen LogP contribution in [0.2, 0.25) is 0 Å². The van der Waals surface area contributed by atoms with Crippen molar-refractivity contribution in [1.29, 1.82) is 0 Å². The maximum Gasteiger partial charge on any atom is 0.369 e. The first-order valence-corrected chi connectivity index (χ1v) is 5.95. The summed E-state index contributed by atoms with van der Waals surface area (Å²) in [6.07, 6.45) is 0. The summed E-state index contributed by atoms with van der Waals surface area (Å²) in [6, 6.07) is 0. The zero-order valence-electron chi connectivity index (χ0n) is 6.41. The van der Waals surface area contributed by atoms with Gasteiger partial charge in [0.1, 0.15) is 0 Å². The average molecular weight is 220 g/mol. The number of hydrogen-bond donors (Lipinski definition) is 4. The molecular formula is C3H10O7P2. The minimum atomic E-state index is -4.99. The van der Waals surface area contributed by atoms with Gasteiger partial charge in [-0.2, -0.15) is 0 Å². The first kappa shape index (κ1) is 12.3. The van der Waals surface area contributed by atoms with Gasteiger partial charge in [0.2, 0.25) is 0 Å². The van der Waals surface area contributed by atoms with E-state index in [0.717, 1.165) is 7.11 Å². The molecule has 0 aliphatic carbocycles. The van der Waals surface area contributed by atoms with Crippen molar-refractivity contribution in [2.75, 3.05) is 7.11 Å². The Morgan fingerprint density at radius 2 is 1.33 bits per heavy atom. The molecule has 0 aromatic carbocycles. The van der Waals surface area contributed by atoms with Gasteiger partial charge in [0, 0.05) is 7.11 Å². The van der Waals surface area contributed by atoms with Gasteiger partial charge in [0.15, 0.2) is 0 Å². The molecule has 74 valence electrons. The highest BCUT2D eigenvalue weighted by Gasteiger charge is 2.57. The molecule has 0 unspecified atom stereocenters. The third-order valence-electron chi connectivity index (χ3n) is 1.47. The maximum absolute atomic E-state index is 10.6. The van der Waals surface area contributed by atoms with Gasteiger partial charge in [-0.3, -0.25) is 9.13 Å². The van der Waals surface area contributed by atoms with Gasteiger partial charge in [0.25, 0.3) is 5.08 Å². The van der Waals surface area contributed by atoms with Crippen LogP contribution in [0, 0.1) is 0 Å². The van der Waals surface area contributed by atoms with Crippen molar-refractivity contribution in [3.8, 4) is 0 Å². The Bertz CT molecular complexity index is 225. The lowest BCUT2D eigenvalue weighted by Gasteiger charge is -2.28. The summed E-state index contributed by atoms with van der Waals surface area (Å²) in [6.45, 7) is 0.661. The Labute approximate surface area is 68.7 Å². The second-order valence-corrected chi connectivity index (χ2v) is 6.46. The molecule has 0 bridgehead atoms. The van der Waals surface area contributed by atoms with Crippen LogP contribution in [0.15, 0.2) is 0 Å². The van der Waals surface area contributed by atoms with E-state index in [1.54, 1.807) is 0 Å². The fraction of sp³-hybridized carbons (Fsp3) is 1.00. The molecule has 0 saturated carbocycles. The van der Waals surface area contributed by atoms with Crippen molar-refractivity contribution in [2.24, 2.45) is 0 Å². The summed E-state index contributed by atoms with van der Waals surface area (Å²) in [5.74, 6) is 0. The van der Waals surface area contributed by atoms with Gasteiger partial charge < -0.3 is 24.3 Å². The molecule has 0 rings (SSSR count). The van der Waals surface area contributed by atoms with E-state index < -0.39 is 20.3 Å². The molecule has 12 heavy (non-hydrogen) atoms. The lowest BCUT2D eigenvalue weighted by Crippen LogP contribution is -2.26. The highest BCUT2D eigenvalue weighted by Crippen LogP contribution is 2.68. The molecule has 0 aliphatic rings. The first-order valence-electron chi connectivity index (χ1n) is 2.72. The quantitative estimate of drug-likeness (QED) is 0.479. The SMILES string of the molecule is COC(C)(P(=O)(O)O)P(=O)(O)O. The summed E-state index contributed by atoms with van der Waals surface area (Å²) < 4.78 is 25.4. The average Bonchev–Trinajstić information content (AvgIpc) is 1.81. The van der Waals surface area contributed by atoms with Gasteiger partial charge in [-0.1, -0.05) is 0 Å².